The molecule has 3 heterocycles. The van der Waals surface area contributed by atoms with Crippen LogP contribution < -0.4 is 10.3 Å². The summed E-state index contributed by atoms with van der Waals surface area (Å²) in [6, 6.07) is 6.30. The summed E-state index contributed by atoms with van der Waals surface area (Å²) in [5.74, 6) is 1.58. The maximum absolute atomic E-state index is 12.2. The van der Waals surface area contributed by atoms with Crippen LogP contribution in [0.5, 0.6) is 5.75 Å². The van der Waals surface area contributed by atoms with Crippen molar-refractivity contribution >= 4 is 11.0 Å². The van der Waals surface area contributed by atoms with Crippen LogP contribution in [-0.2, 0) is 26.6 Å². The van der Waals surface area contributed by atoms with E-state index in [2.05, 4.69) is 32.1 Å². The van der Waals surface area contributed by atoms with Crippen LogP contribution in [0.4, 0.5) is 0 Å². The van der Waals surface area contributed by atoms with Crippen LogP contribution in [0.1, 0.15) is 23.9 Å². The lowest BCUT2D eigenvalue weighted by Gasteiger charge is -2.28. The fraction of sp³-hybridized carbons (Fsp3) is 0.389. The molecule has 1 N–H and O–H groups in total. The highest BCUT2D eigenvalue weighted by Crippen LogP contribution is 2.24. The van der Waals surface area contributed by atoms with Crippen LogP contribution in [0.15, 0.2) is 29.2 Å². The van der Waals surface area contributed by atoms with Gasteiger partial charge in [-0.2, -0.15) is 5.10 Å². The van der Waals surface area contributed by atoms with Gasteiger partial charge in [0.25, 0.3) is 5.56 Å². The highest BCUT2D eigenvalue weighted by atomic mass is 16.5. The fourth-order valence-corrected chi connectivity index (χ4v) is 3.35. The molecule has 4 rings (SSSR count). The molecule has 0 saturated carbocycles. The van der Waals surface area contributed by atoms with E-state index in [9.17, 15) is 4.79 Å². The number of hydrogen-bond acceptors (Lipinski definition) is 5. The minimum absolute atomic E-state index is 0.135. The summed E-state index contributed by atoms with van der Waals surface area (Å²) in [6.45, 7) is 5.02. The molecule has 1 aromatic carbocycles. The Morgan fingerprint density at radius 3 is 3.04 bits per heavy atom. The van der Waals surface area contributed by atoms with E-state index in [0.717, 1.165) is 25.3 Å². The first-order valence-corrected chi connectivity index (χ1v) is 8.52. The van der Waals surface area contributed by atoms with Gasteiger partial charge < -0.3 is 9.72 Å². The monoisotopic (exact) mass is 339 g/mol. The summed E-state index contributed by atoms with van der Waals surface area (Å²) >= 11 is 0. The fourth-order valence-electron chi connectivity index (χ4n) is 3.35. The van der Waals surface area contributed by atoms with Crippen LogP contribution in [-0.4, -0.2) is 37.8 Å². The van der Waals surface area contributed by atoms with E-state index in [1.807, 2.05) is 13.0 Å². The number of ether oxygens (including phenoxy) is 1. The second-order valence-corrected chi connectivity index (χ2v) is 6.34. The number of aromatic nitrogens is 4. The summed E-state index contributed by atoms with van der Waals surface area (Å²) in [5, 5.41) is 4.63. The van der Waals surface area contributed by atoms with Crippen molar-refractivity contribution in [3.8, 4) is 5.75 Å². The first-order chi connectivity index (χ1) is 12.1. The highest BCUT2D eigenvalue weighted by molar-refractivity contribution is 5.72. The Morgan fingerprint density at radius 2 is 2.20 bits per heavy atom. The van der Waals surface area contributed by atoms with Crippen LogP contribution in [0.25, 0.3) is 11.0 Å². The Hall–Kier alpha value is -2.67. The molecule has 2 aromatic heterocycles. The van der Waals surface area contributed by atoms with E-state index in [1.54, 1.807) is 17.9 Å². The average molecular weight is 339 g/mol. The lowest BCUT2D eigenvalue weighted by Crippen LogP contribution is -2.31. The van der Waals surface area contributed by atoms with Crippen LogP contribution in [0, 0.1) is 0 Å². The third kappa shape index (κ3) is 3.02. The second-order valence-electron chi connectivity index (χ2n) is 6.34. The molecule has 0 aliphatic carbocycles. The SMILES string of the molecule is CCOc1ccc2c(c1)CN(Cc1nc3c(cnn3C)c(=O)[nH]1)CC2. The van der Waals surface area contributed by atoms with Gasteiger partial charge >= 0.3 is 0 Å². The van der Waals surface area contributed by atoms with Crippen LogP contribution in [0.2, 0.25) is 0 Å². The molecular weight excluding hydrogens is 318 g/mol. The normalized spacial score (nSPS) is 14.6. The first kappa shape index (κ1) is 15.8. The van der Waals surface area contributed by atoms with Gasteiger partial charge in [-0.05, 0) is 36.6 Å². The third-order valence-corrected chi connectivity index (χ3v) is 4.60. The zero-order valence-electron chi connectivity index (χ0n) is 14.5. The number of rotatable bonds is 4. The number of nitrogens with one attached hydrogen (secondary N) is 1. The third-order valence-electron chi connectivity index (χ3n) is 4.60. The van der Waals surface area contributed by atoms with E-state index >= 15 is 0 Å². The van der Waals surface area contributed by atoms with Gasteiger partial charge in [0.05, 0.1) is 19.3 Å². The van der Waals surface area contributed by atoms with Crippen molar-refractivity contribution in [3.05, 3.63) is 51.7 Å². The molecule has 7 heteroatoms. The predicted molar refractivity (Wildman–Crippen MR) is 94.6 cm³/mol. The van der Waals surface area contributed by atoms with Crippen LogP contribution >= 0.6 is 0 Å². The Bertz CT molecular complexity index is 975. The molecule has 1 aliphatic heterocycles. The quantitative estimate of drug-likeness (QED) is 0.782. The molecule has 0 unspecified atom stereocenters. The van der Waals surface area contributed by atoms with E-state index in [-0.39, 0.29) is 5.56 Å². The van der Waals surface area contributed by atoms with Gasteiger partial charge in [-0.3, -0.25) is 14.4 Å². The molecule has 7 nitrogen and oxygen atoms in total. The molecule has 0 bridgehead atoms. The summed E-state index contributed by atoms with van der Waals surface area (Å²) in [7, 11) is 1.80. The summed E-state index contributed by atoms with van der Waals surface area (Å²) in [6.07, 6.45) is 2.54. The Kier molecular flexibility index (Phi) is 4.01. The number of aromatic amines is 1. The van der Waals surface area contributed by atoms with Gasteiger partial charge in [0.1, 0.15) is 17.0 Å². The van der Waals surface area contributed by atoms with E-state index in [1.165, 1.54) is 11.1 Å². The van der Waals surface area contributed by atoms with Crippen molar-refractivity contribution in [3.63, 3.8) is 0 Å². The molecule has 0 amide bonds. The molecule has 0 saturated heterocycles. The number of hydrogen-bond donors (Lipinski definition) is 1. The summed E-state index contributed by atoms with van der Waals surface area (Å²) in [4.78, 5) is 21.9. The van der Waals surface area contributed by atoms with Crippen molar-refractivity contribution in [1.82, 2.24) is 24.6 Å². The number of nitrogens with zero attached hydrogens (tertiary/aromatic N) is 4. The van der Waals surface area contributed by atoms with Gasteiger partial charge in [-0.25, -0.2) is 4.98 Å². The van der Waals surface area contributed by atoms with Crippen molar-refractivity contribution in [2.75, 3.05) is 13.2 Å². The van der Waals surface area contributed by atoms with Crippen molar-refractivity contribution in [1.29, 1.82) is 0 Å². The zero-order valence-corrected chi connectivity index (χ0v) is 14.5. The molecule has 0 atom stereocenters. The number of benzene rings is 1. The highest BCUT2D eigenvalue weighted by Gasteiger charge is 2.18. The lowest BCUT2D eigenvalue weighted by molar-refractivity contribution is 0.238. The zero-order chi connectivity index (χ0) is 17.4. The summed E-state index contributed by atoms with van der Waals surface area (Å²) < 4.78 is 7.24. The Balaban J connectivity index is 1.57. The van der Waals surface area contributed by atoms with Gasteiger partial charge in [0.2, 0.25) is 0 Å². The van der Waals surface area contributed by atoms with Gasteiger partial charge in [0, 0.05) is 20.1 Å². The smallest absolute Gasteiger partial charge is 0.262 e. The molecule has 0 radical (unpaired) electrons. The van der Waals surface area contributed by atoms with Crippen LogP contribution in [0.3, 0.4) is 0 Å². The van der Waals surface area contributed by atoms with E-state index in [0.29, 0.717) is 30.0 Å². The second kappa shape index (κ2) is 6.33. The minimum atomic E-state index is -0.135. The van der Waals surface area contributed by atoms with Gasteiger partial charge in [-0.15, -0.1) is 0 Å². The molecule has 0 spiro atoms. The van der Waals surface area contributed by atoms with Crippen molar-refractivity contribution in [2.24, 2.45) is 7.05 Å². The topological polar surface area (TPSA) is 76.0 Å². The first-order valence-electron chi connectivity index (χ1n) is 8.52. The van der Waals surface area contributed by atoms with Gasteiger partial charge in [-0.1, -0.05) is 6.07 Å². The largest absolute Gasteiger partial charge is 0.494 e. The van der Waals surface area contributed by atoms with E-state index < -0.39 is 0 Å². The summed E-state index contributed by atoms with van der Waals surface area (Å²) in [5.41, 5.74) is 3.13. The Morgan fingerprint density at radius 1 is 1.32 bits per heavy atom. The standard InChI is InChI=1S/C18H21N5O2/c1-3-25-14-5-4-12-6-7-23(10-13(12)8-14)11-16-20-17-15(18(24)21-16)9-19-22(17)2/h4-5,8-9H,3,6-7,10-11H2,1-2H3,(H,20,21,24). The lowest BCUT2D eigenvalue weighted by atomic mass is 9.99. The van der Waals surface area contributed by atoms with E-state index in [4.69, 9.17) is 4.74 Å². The maximum Gasteiger partial charge on any atom is 0.262 e. The molecule has 130 valence electrons. The molecule has 3 aromatic rings. The average Bonchev–Trinajstić information content (AvgIpc) is 2.97. The Labute approximate surface area is 145 Å². The molecule has 1 aliphatic rings. The van der Waals surface area contributed by atoms with Crippen molar-refractivity contribution in [2.45, 2.75) is 26.4 Å². The number of H-pyrrole nitrogens is 1. The number of aryl methyl sites for hydroxylation is 1. The molecular formula is C18H21N5O2. The van der Waals surface area contributed by atoms with Gasteiger partial charge in [0.15, 0.2) is 5.65 Å². The maximum atomic E-state index is 12.2. The minimum Gasteiger partial charge on any atom is -0.494 e. The molecule has 0 fully saturated rings. The van der Waals surface area contributed by atoms with Crippen molar-refractivity contribution < 1.29 is 4.74 Å². The number of fused-ring (bicyclic) bond motifs is 2. The predicted octanol–water partition coefficient (Wildman–Crippen LogP) is 1.61. The molecule has 25 heavy (non-hydrogen) atoms.